The Labute approximate surface area is 192 Å². The van der Waals surface area contributed by atoms with Gasteiger partial charge in [0.15, 0.2) is 6.23 Å². The Morgan fingerprint density at radius 1 is 1.21 bits per heavy atom. The van der Waals surface area contributed by atoms with Crippen LogP contribution in [0.5, 0.6) is 5.75 Å². The van der Waals surface area contributed by atoms with Gasteiger partial charge in [-0.25, -0.2) is 0 Å². The third-order valence-corrected chi connectivity index (χ3v) is 6.04. The number of H-pyrrole nitrogens is 1. The van der Waals surface area contributed by atoms with Crippen molar-refractivity contribution in [1.29, 1.82) is 0 Å². The van der Waals surface area contributed by atoms with Crippen molar-refractivity contribution in [3.8, 4) is 5.75 Å². The van der Waals surface area contributed by atoms with Crippen LogP contribution >= 0.6 is 0 Å². The molecule has 1 aliphatic rings. The van der Waals surface area contributed by atoms with Gasteiger partial charge in [-0.2, -0.15) is 0 Å². The van der Waals surface area contributed by atoms with Crippen molar-refractivity contribution in [2.75, 3.05) is 24.5 Å². The number of fused-ring (bicyclic) bond motifs is 1. The van der Waals surface area contributed by atoms with Crippen molar-refractivity contribution in [3.05, 3.63) is 64.8 Å². The Morgan fingerprint density at radius 3 is 2.70 bits per heavy atom. The van der Waals surface area contributed by atoms with E-state index in [1.165, 1.54) is 12.1 Å². The molecule has 2 heterocycles. The van der Waals surface area contributed by atoms with Gasteiger partial charge in [0.1, 0.15) is 5.75 Å². The number of nitro groups is 1. The molecule has 0 bridgehead atoms. The molecule has 3 aromatic rings. The largest absolute Gasteiger partial charge is 0.468 e. The Balaban J connectivity index is 1.68. The van der Waals surface area contributed by atoms with Gasteiger partial charge < -0.3 is 25.3 Å². The lowest BCUT2D eigenvalue weighted by molar-refractivity contribution is -0.384. The molecule has 0 spiro atoms. The van der Waals surface area contributed by atoms with E-state index < -0.39 is 11.2 Å². The number of nitrogens with two attached hydrogens (primary N) is 1. The fourth-order valence-corrected chi connectivity index (χ4v) is 4.44. The normalized spacial score (nSPS) is 18.5. The van der Waals surface area contributed by atoms with E-state index in [4.69, 9.17) is 10.5 Å². The summed E-state index contributed by atoms with van der Waals surface area (Å²) in [4.78, 5) is 30.8. The summed E-state index contributed by atoms with van der Waals surface area (Å²) in [6, 6.07) is 14.1. The van der Waals surface area contributed by atoms with Gasteiger partial charge in [-0.15, -0.1) is 0 Å². The second kappa shape index (κ2) is 9.91. The predicted octanol–water partition coefficient (Wildman–Crippen LogP) is 3.65. The molecule has 1 saturated heterocycles. The van der Waals surface area contributed by atoms with Crippen LogP contribution in [0, 0.1) is 10.1 Å². The molecule has 1 aliphatic heterocycles. The number of anilines is 1. The molecule has 1 amide bonds. The molecular formula is C24H29N5O4. The Hall–Kier alpha value is -3.59. The fourth-order valence-electron chi connectivity index (χ4n) is 4.44. The predicted molar refractivity (Wildman–Crippen MR) is 127 cm³/mol. The monoisotopic (exact) mass is 451 g/mol. The molecule has 9 heteroatoms. The molecule has 174 valence electrons. The minimum absolute atomic E-state index is 0.0403. The van der Waals surface area contributed by atoms with E-state index in [1.807, 2.05) is 42.3 Å². The number of nitrogens with zero attached hydrogens (tertiary/aromatic N) is 3. The quantitative estimate of drug-likeness (QED) is 0.399. The van der Waals surface area contributed by atoms with Gasteiger partial charge in [0.05, 0.1) is 11.0 Å². The summed E-state index contributed by atoms with van der Waals surface area (Å²) >= 11 is 0. The topological polar surface area (TPSA) is 118 Å². The van der Waals surface area contributed by atoms with Crippen LogP contribution in [0.2, 0.25) is 0 Å². The molecular weight excluding hydrogens is 422 g/mol. The summed E-state index contributed by atoms with van der Waals surface area (Å²) in [7, 11) is 0. The van der Waals surface area contributed by atoms with E-state index in [0.29, 0.717) is 38.2 Å². The first-order valence-corrected chi connectivity index (χ1v) is 11.3. The maximum absolute atomic E-state index is 13.0. The van der Waals surface area contributed by atoms with Gasteiger partial charge in [-0.05, 0) is 55.8 Å². The summed E-state index contributed by atoms with van der Waals surface area (Å²) in [6.07, 6.45) is 3.14. The molecule has 1 aromatic heterocycles. The number of amides is 1. The van der Waals surface area contributed by atoms with Crippen LogP contribution in [-0.2, 0) is 4.79 Å². The molecule has 0 saturated carbocycles. The van der Waals surface area contributed by atoms with Gasteiger partial charge in [0, 0.05) is 54.4 Å². The summed E-state index contributed by atoms with van der Waals surface area (Å²) in [5.74, 6) is 0.726. The van der Waals surface area contributed by atoms with Crippen molar-refractivity contribution in [1.82, 2.24) is 9.88 Å². The van der Waals surface area contributed by atoms with Crippen molar-refractivity contribution < 1.29 is 14.5 Å². The van der Waals surface area contributed by atoms with Gasteiger partial charge in [-0.3, -0.25) is 14.9 Å². The number of carbonyl (C=O) groups excluding carboxylic acids is 1. The smallest absolute Gasteiger partial charge is 0.269 e. The van der Waals surface area contributed by atoms with E-state index in [1.54, 1.807) is 12.1 Å². The molecule has 0 aliphatic carbocycles. The van der Waals surface area contributed by atoms with Gasteiger partial charge in [-0.1, -0.05) is 6.92 Å². The third-order valence-electron chi connectivity index (χ3n) is 6.04. The van der Waals surface area contributed by atoms with E-state index in [2.05, 4.69) is 9.88 Å². The first-order valence-electron chi connectivity index (χ1n) is 11.3. The molecule has 2 atom stereocenters. The van der Waals surface area contributed by atoms with E-state index in [9.17, 15) is 14.9 Å². The highest BCUT2D eigenvalue weighted by molar-refractivity contribution is 5.81. The molecule has 2 unspecified atom stereocenters. The zero-order chi connectivity index (χ0) is 23.4. The zero-order valence-electron chi connectivity index (χ0n) is 18.6. The average molecular weight is 452 g/mol. The number of aromatic amines is 1. The minimum Gasteiger partial charge on any atom is -0.468 e. The zero-order valence-corrected chi connectivity index (χ0v) is 18.6. The van der Waals surface area contributed by atoms with Crippen molar-refractivity contribution >= 4 is 28.2 Å². The average Bonchev–Trinajstić information content (AvgIpc) is 3.28. The van der Waals surface area contributed by atoms with Crippen LogP contribution in [0.3, 0.4) is 0 Å². The lowest BCUT2D eigenvalue weighted by Crippen LogP contribution is -2.63. The van der Waals surface area contributed by atoms with Crippen molar-refractivity contribution in [3.63, 3.8) is 0 Å². The maximum Gasteiger partial charge on any atom is 0.269 e. The van der Waals surface area contributed by atoms with Crippen LogP contribution in [-0.4, -0.2) is 52.6 Å². The van der Waals surface area contributed by atoms with Gasteiger partial charge >= 0.3 is 0 Å². The maximum atomic E-state index is 13.0. The van der Waals surface area contributed by atoms with Crippen molar-refractivity contribution in [2.24, 2.45) is 5.73 Å². The van der Waals surface area contributed by atoms with Crippen molar-refractivity contribution in [2.45, 2.75) is 38.5 Å². The SMILES string of the molecule is CCCC(=O)N1CCN(c2ccc([N+](=O)[O-])cc2)C(CCN)C1Oc1ccc2[nH]ccc2c1. The number of non-ortho nitro benzene ring substituents is 1. The summed E-state index contributed by atoms with van der Waals surface area (Å²) < 4.78 is 6.48. The number of nitro benzene ring substituents is 1. The summed E-state index contributed by atoms with van der Waals surface area (Å²) in [5.41, 5.74) is 7.87. The summed E-state index contributed by atoms with van der Waals surface area (Å²) in [5, 5.41) is 12.1. The van der Waals surface area contributed by atoms with E-state index in [-0.39, 0.29) is 17.6 Å². The molecule has 3 N–H and O–H groups in total. The van der Waals surface area contributed by atoms with Gasteiger partial charge in [0.2, 0.25) is 5.91 Å². The molecule has 2 aromatic carbocycles. The number of hydrogen-bond acceptors (Lipinski definition) is 6. The number of benzene rings is 2. The van der Waals surface area contributed by atoms with Crippen LogP contribution in [0.1, 0.15) is 26.2 Å². The number of carbonyl (C=O) groups is 1. The molecule has 33 heavy (non-hydrogen) atoms. The van der Waals surface area contributed by atoms with Gasteiger partial charge in [0.25, 0.3) is 5.69 Å². The minimum atomic E-state index is -0.534. The van der Waals surface area contributed by atoms with Crippen LogP contribution in [0.4, 0.5) is 11.4 Å². The highest BCUT2D eigenvalue weighted by Gasteiger charge is 2.40. The second-order valence-corrected chi connectivity index (χ2v) is 8.18. The van der Waals surface area contributed by atoms with E-state index >= 15 is 0 Å². The number of aromatic nitrogens is 1. The van der Waals surface area contributed by atoms with E-state index in [0.717, 1.165) is 23.0 Å². The number of rotatable bonds is 8. The first kappa shape index (κ1) is 22.6. The number of hydrogen-bond donors (Lipinski definition) is 2. The summed E-state index contributed by atoms with van der Waals surface area (Å²) in [6.45, 7) is 3.49. The Bertz CT molecular complexity index is 1110. The highest BCUT2D eigenvalue weighted by Crippen LogP contribution is 2.31. The second-order valence-electron chi connectivity index (χ2n) is 8.18. The standard InChI is InChI=1S/C24H29N5O4/c1-2-3-23(30)28-15-14-27(18-4-6-19(7-5-18)29(31)32)22(10-12-25)24(28)33-20-8-9-21-17(16-20)11-13-26-21/h4-9,11,13,16,22,24,26H,2-3,10,12,14-15,25H2,1H3. The molecule has 0 radical (unpaired) electrons. The highest BCUT2D eigenvalue weighted by atomic mass is 16.6. The lowest BCUT2D eigenvalue weighted by Gasteiger charge is -2.48. The first-order chi connectivity index (χ1) is 16.0. The number of ether oxygens (including phenoxy) is 1. The van der Waals surface area contributed by atoms with Crippen LogP contribution in [0.25, 0.3) is 10.9 Å². The van der Waals surface area contributed by atoms with Crippen LogP contribution in [0.15, 0.2) is 54.7 Å². The third kappa shape index (κ3) is 4.78. The Morgan fingerprint density at radius 2 is 2.00 bits per heavy atom. The fraction of sp³-hybridized carbons (Fsp3) is 0.375. The Kier molecular flexibility index (Phi) is 6.79. The number of nitrogens with one attached hydrogen (secondary N) is 1. The lowest BCUT2D eigenvalue weighted by atomic mass is 10.0. The molecule has 1 fully saturated rings. The molecule has 4 rings (SSSR count). The van der Waals surface area contributed by atoms with Crippen LogP contribution < -0.4 is 15.4 Å². The molecule has 9 nitrogen and oxygen atoms in total. The number of piperazine rings is 1.